The summed E-state index contributed by atoms with van der Waals surface area (Å²) < 4.78 is 18.5. The number of carbonyl (C=O) groups is 1. The predicted molar refractivity (Wildman–Crippen MR) is 102 cm³/mol. The lowest BCUT2D eigenvalue weighted by Gasteiger charge is -2.11. The highest BCUT2D eigenvalue weighted by atomic mass is 35.5. The Balaban J connectivity index is 0.00000169. The van der Waals surface area contributed by atoms with Gasteiger partial charge in [-0.2, -0.15) is 0 Å². The van der Waals surface area contributed by atoms with Gasteiger partial charge >= 0.3 is 0 Å². The summed E-state index contributed by atoms with van der Waals surface area (Å²) in [5, 5.41) is 2.93. The van der Waals surface area contributed by atoms with E-state index >= 15 is 0 Å². The van der Waals surface area contributed by atoms with Crippen LogP contribution in [-0.4, -0.2) is 16.9 Å². The highest BCUT2D eigenvalue weighted by molar-refractivity contribution is 5.85. The Bertz CT molecular complexity index is 716. The van der Waals surface area contributed by atoms with Gasteiger partial charge in [0.1, 0.15) is 11.6 Å². The van der Waals surface area contributed by atoms with E-state index < -0.39 is 0 Å². The minimum absolute atomic E-state index is 0. The summed E-state index contributed by atoms with van der Waals surface area (Å²) in [4.78, 5) is 16.2. The maximum absolute atomic E-state index is 12.9. The monoisotopic (exact) mass is 401 g/mol. The minimum atomic E-state index is -0.321. The summed E-state index contributed by atoms with van der Waals surface area (Å²) in [6, 6.07) is 9.43. The normalized spacial score (nSPS) is 18.4. The van der Waals surface area contributed by atoms with Gasteiger partial charge in [-0.15, -0.1) is 24.8 Å². The molecule has 1 aliphatic carbocycles. The summed E-state index contributed by atoms with van der Waals surface area (Å²) >= 11 is 0. The van der Waals surface area contributed by atoms with Crippen molar-refractivity contribution in [1.82, 2.24) is 10.3 Å². The molecule has 1 fully saturated rings. The van der Waals surface area contributed by atoms with Crippen molar-refractivity contribution >= 4 is 30.7 Å². The topological polar surface area (TPSA) is 77.2 Å². The van der Waals surface area contributed by atoms with E-state index in [2.05, 4.69) is 10.3 Å². The molecule has 1 saturated carbocycles. The second-order valence-electron chi connectivity index (χ2n) is 6.05. The van der Waals surface area contributed by atoms with Gasteiger partial charge < -0.3 is 15.8 Å². The summed E-state index contributed by atoms with van der Waals surface area (Å²) in [6.07, 6.45) is 4.12. The first-order chi connectivity index (χ1) is 11.6. The van der Waals surface area contributed by atoms with Gasteiger partial charge in [-0.25, -0.2) is 9.37 Å². The Morgan fingerprint density at radius 1 is 1.23 bits per heavy atom. The molecule has 142 valence electrons. The van der Waals surface area contributed by atoms with Crippen molar-refractivity contribution < 1.29 is 13.9 Å². The summed E-state index contributed by atoms with van der Waals surface area (Å²) in [5.41, 5.74) is 6.73. The molecule has 0 aliphatic heterocycles. The van der Waals surface area contributed by atoms with Crippen LogP contribution in [0.1, 0.15) is 24.8 Å². The van der Waals surface area contributed by atoms with Crippen LogP contribution in [0.25, 0.3) is 0 Å². The molecule has 3 N–H and O–H groups in total. The third-order valence-electron chi connectivity index (χ3n) is 4.15. The summed E-state index contributed by atoms with van der Waals surface area (Å²) in [5.74, 6) is 0.636. The zero-order chi connectivity index (χ0) is 16.9. The minimum Gasteiger partial charge on any atom is -0.439 e. The molecule has 1 aromatic heterocycles. The quantitative estimate of drug-likeness (QED) is 0.801. The zero-order valence-electron chi connectivity index (χ0n) is 14.1. The number of aromatic nitrogens is 1. The number of nitrogens with zero attached hydrogens (tertiary/aromatic N) is 1. The summed E-state index contributed by atoms with van der Waals surface area (Å²) in [7, 11) is 0. The first-order valence-corrected chi connectivity index (χ1v) is 8.02. The molecule has 1 aromatic carbocycles. The molecule has 2 aromatic rings. The van der Waals surface area contributed by atoms with Crippen LogP contribution in [-0.2, 0) is 11.3 Å². The van der Waals surface area contributed by atoms with Crippen molar-refractivity contribution in [2.75, 3.05) is 0 Å². The predicted octanol–water partition coefficient (Wildman–Crippen LogP) is 3.60. The number of pyridine rings is 1. The lowest BCUT2D eigenvalue weighted by Crippen LogP contribution is -2.30. The van der Waals surface area contributed by atoms with Crippen LogP contribution in [0.3, 0.4) is 0 Å². The van der Waals surface area contributed by atoms with Crippen LogP contribution in [0.2, 0.25) is 0 Å². The van der Waals surface area contributed by atoms with Crippen molar-refractivity contribution in [2.45, 2.75) is 31.8 Å². The molecule has 1 heterocycles. The summed E-state index contributed by atoms with van der Waals surface area (Å²) in [6.45, 7) is 0.410. The first kappa shape index (κ1) is 22.2. The second kappa shape index (κ2) is 10.3. The van der Waals surface area contributed by atoms with Gasteiger partial charge in [0.15, 0.2) is 0 Å². The van der Waals surface area contributed by atoms with E-state index in [0.29, 0.717) is 18.2 Å². The van der Waals surface area contributed by atoms with Gasteiger partial charge in [0.05, 0.1) is 0 Å². The maximum atomic E-state index is 12.9. The Morgan fingerprint density at radius 2 is 1.96 bits per heavy atom. The van der Waals surface area contributed by atoms with Crippen LogP contribution >= 0.6 is 24.8 Å². The molecule has 0 spiro atoms. The van der Waals surface area contributed by atoms with Gasteiger partial charge in [-0.3, -0.25) is 4.79 Å². The fourth-order valence-electron chi connectivity index (χ4n) is 2.83. The Hall–Kier alpha value is -1.89. The highest BCUT2D eigenvalue weighted by Gasteiger charge is 2.27. The first-order valence-electron chi connectivity index (χ1n) is 8.02. The van der Waals surface area contributed by atoms with Crippen LogP contribution in [0, 0.1) is 11.7 Å². The van der Waals surface area contributed by atoms with E-state index in [4.69, 9.17) is 10.5 Å². The van der Waals surface area contributed by atoms with E-state index in [-0.39, 0.29) is 48.5 Å². The van der Waals surface area contributed by atoms with Crippen LogP contribution < -0.4 is 15.8 Å². The fraction of sp³-hybridized carbons (Fsp3) is 0.333. The Kier molecular flexibility index (Phi) is 8.78. The number of rotatable bonds is 5. The number of carbonyl (C=O) groups excluding carboxylic acids is 1. The van der Waals surface area contributed by atoms with Crippen molar-refractivity contribution in [2.24, 2.45) is 11.7 Å². The number of hydrogen-bond acceptors (Lipinski definition) is 4. The van der Waals surface area contributed by atoms with E-state index in [1.54, 1.807) is 12.3 Å². The molecule has 26 heavy (non-hydrogen) atoms. The van der Waals surface area contributed by atoms with Crippen LogP contribution in [0.4, 0.5) is 4.39 Å². The third-order valence-corrected chi connectivity index (χ3v) is 4.15. The molecule has 2 atom stereocenters. The average Bonchev–Trinajstić information content (AvgIpc) is 3.02. The van der Waals surface area contributed by atoms with E-state index in [1.807, 2.05) is 6.07 Å². The Labute approximate surface area is 164 Å². The Morgan fingerprint density at radius 3 is 2.62 bits per heavy atom. The largest absolute Gasteiger partial charge is 0.439 e. The maximum Gasteiger partial charge on any atom is 0.223 e. The van der Waals surface area contributed by atoms with Gasteiger partial charge in [-0.05, 0) is 55.2 Å². The zero-order valence-corrected chi connectivity index (χ0v) is 15.7. The van der Waals surface area contributed by atoms with Crippen molar-refractivity contribution in [1.29, 1.82) is 0 Å². The lowest BCUT2D eigenvalue weighted by atomic mass is 10.1. The molecule has 1 aliphatic rings. The molecular weight excluding hydrogens is 380 g/mol. The van der Waals surface area contributed by atoms with Crippen molar-refractivity contribution in [3.05, 3.63) is 54.0 Å². The molecule has 8 heteroatoms. The molecule has 0 radical (unpaired) electrons. The lowest BCUT2D eigenvalue weighted by molar-refractivity contribution is -0.125. The van der Waals surface area contributed by atoms with Crippen LogP contribution in [0.15, 0.2) is 42.6 Å². The molecule has 0 bridgehead atoms. The van der Waals surface area contributed by atoms with Gasteiger partial charge in [-0.1, -0.05) is 0 Å². The number of hydrogen-bond donors (Lipinski definition) is 2. The number of benzene rings is 1. The van der Waals surface area contributed by atoms with Gasteiger partial charge in [0.25, 0.3) is 0 Å². The smallest absolute Gasteiger partial charge is 0.223 e. The van der Waals surface area contributed by atoms with E-state index in [1.165, 1.54) is 24.3 Å². The molecular formula is C18H22Cl2FN3O2. The molecule has 3 rings (SSSR count). The number of halogens is 3. The van der Waals surface area contributed by atoms with Crippen molar-refractivity contribution in [3.63, 3.8) is 0 Å². The SMILES string of the molecule is Cl.Cl.NC1CCC(C(=O)NCc2ccnc(Oc3ccc(F)cc3)c2)C1. The molecule has 1 amide bonds. The number of nitrogens with two attached hydrogens (primary N) is 1. The van der Waals surface area contributed by atoms with E-state index in [9.17, 15) is 9.18 Å². The molecule has 0 saturated heterocycles. The highest BCUT2D eigenvalue weighted by Crippen LogP contribution is 2.24. The third kappa shape index (κ3) is 6.12. The van der Waals surface area contributed by atoms with Crippen LogP contribution in [0.5, 0.6) is 11.6 Å². The molecule has 5 nitrogen and oxygen atoms in total. The standard InChI is InChI=1S/C18H20FN3O2.2ClH/c19-14-2-5-16(6-3-14)24-17-9-12(7-8-21-17)11-22-18(23)13-1-4-15(20)10-13;;/h2-3,5-9,13,15H,1,4,10-11,20H2,(H,22,23);2*1H. The van der Waals surface area contributed by atoms with Crippen molar-refractivity contribution in [3.8, 4) is 11.6 Å². The molecule has 2 unspecified atom stereocenters. The fourth-order valence-corrected chi connectivity index (χ4v) is 2.83. The van der Waals surface area contributed by atoms with E-state index in [0.717, 1.165) is 24.8 Å². The second-order valence-corrected chi connectivity index (χ2v) is 6.05. The number of nitrogens with one attached hydrogen (secondary N) is 1. The average molecular weight is 402 g/mol. The van der Waals surface area contributed by atoms with Gasteiger partial charge in [0.2, 0.25) is 11.8 Å². The van der Waals surface area contributed by atoms with Gasteiger partial charge in [0, 0.05) is 30.8 Å². The number of ether oxygens (including phenoxy) is 1. The number of amides is 1.